The number of fused-ring (bicyclic) bond motifs is 1. The Hall–Kier alpha value is -3.64. The molecule has 166 valence electrons. The van der Waals surface area contributed by atoms with Gasteiger partial charge in [-0.15, -0.1) is 0 Å². The first kappa shape index (κ1) is 21.2. The van der Waals surface area contributed by atoms with E-state index in [2.05, 4.69) is 5.32 Å². The number of amides is 4. The number of urea groups is 1. The molecule has 4 amide bonds. The monoisotopic (exact) mass is 459 g/mol. The van der Waals surface area contributed by atoms with Crippen LogP contribution in [-0.2, 0) is 9.59 Å². The van der Waals surface area contributed by atoms with Crippen molar-refractivity contribution in [3.63, 3.8) is 0 Å². The van der Waals surface area contributed by atoms with Crippen LogP contribution >= 0.6 is 11.6 Å². The van der Waals surface area contributed by atoms with Crippen molar-refractivity contribution < 1.29 is 14.4 Å². The van der Waals surface area contributed by atoms with Gasteiger partial charge in [0.1, 0.15) is 0 Å². The summed E-state index contributed by atoms with van der Waals surface area (Å²) in [5.74, 6) is -2.01. The number of hydrogen-bond donors (Lipinski definition) is 1. The van der Waals surface area contributed by atoms with Crippen LogP contribution in [0.5, 0.6) is 0 Å². The Morgan fingerprint density at radius 3 is 2.06 bits per heavy atom. The minimum absolute atomic E-state index is 0.296. The summed E-state index contributed by atoms with van der Waals surface area (Å²) in [7, 11) is 0. The fourth-order valence-electron chi connectivity index (χ4n) is 5.06. The third kappa shape index (κ3) is 3.47. The van der Waals surface area contributed by atoms with Gasteiger partial charge in [0.25, 0.3) is 0 Å². The van der Waals surface area contributed by atoms with Crippen molar-refractivity contribution in [3.8, 4) is 0 Å². The van der Waals surface area contributed by atoms with Gasteiger partial charge in [0.15, 0.2) is 0 Å². The van der Waals surface area contributed by atoms with E-state index < -0.39 is 23.9 Å². The number of para-hydroxylation sites is 2. The quantitative estimate of drug-likeness (QED) is 0.552. The van der Waals surface area contributed by atoms with E-state index >= 15 is 0 Å². The normalized spacial score (nSPS) is 24.2. The molecule has 4 atom stereocenters. The van der Waals surface area contributed by atoms with Gasteiger partial charge in [-0.2, -0.15) is 0 Å². The minimum atomic E-state index is -0.728. The highest BCUT2D eigenvalue weighted by Gasteiger charge is 2.62. The summed E-state index contributed by atoms with van der Waals surface area (Å²) < 4.78 is 0. The zero-order chi connectivity index (χ0) is 23.1. The Labute approximate surface area is 196 Å². The van der Waals surface area contributed by atoms with Crippen LogP contribution in [-0.4, -0.2) is 28.8 Å². The number of carbonyl (C=O) groups is 3. The maximum Gasteiger partial charge on any atom is 0.322 e. The minimum Gasteiger partial charge on any atom is -0.313 e. The van der Waals surface area contributed by atoms with E-state index in [1.54, 1.807) is 53.4 Å². The van der Waals surface area contributed by atoms with Gasteiger partial charge in [-0.05, 0) is 42.8 Å². The molecule has 0 aromatic heterocycles. The molecule has 2 saturated heterocycles. The number of nitrogens with zero attached hydrogens (tertiary/aromatic N) is 2. The lowest BCUT2D eigenvalue weighted by atomic mass is 9.87. The number of likely N-dealkylation sites (tertiary alicyclic amines) is 1. The number of rotatable bonds is 3. The fourth-order valence-corrected chi connectivity index (χ4v) is 5.31. The molecule has 1 N–H and O–H groups in total. The van der Waals surface area contributed by atoms with Crippen molar-refractivity contribution in [1.29, 1.82) is 0 Å². The predicted molar refractivity (Wildman–Crippen MR) is 127 cm³/mol. The first-order valence-electron chi connectivity index (χ1n) is 10.8. The SMILES string of the molecule is CC1C2C(=O)N(c3ccccc3)C(=O)C2C(c2ccccc2Cl)N1C(=O)Nc1ccccc1. The maximum absolute atomic E-state index is 13.7. The van der Waals surface area contributed by atoms with Crippen molar-refractivity contribution in [2.45, 2.75) is 19.0 Å². The van der Waals surface area contributed by atoms with Crippen LogP contribution in [0.2, 0.25) is 5.02 Å². The van der Waals surface area contributed by atoms with E-state index in [-0.39, 0.29) is 17.8 Å². The van der Waals surface area contributed by atoms with Crippen molar-refractivity contribution >= 4 is 40.8 Å². The second kappa shape index (κ2) is 8.37. The van der Waals surface area contributed by atoms with Crippen LogP contribution in [0.1, 0.15) is 18.5 Å². The summed E-state index contributed by atoms with van der Waals surface area (Å²) in [6, 6.07) is 23.6. The van der Waals surface area contributed by atoms with Crippen LogP contribution in [0.4, 0.5) is 16.2 Å². The van der Waals surface area contributed by atoms with E-state index in [4.69, 9.17) is 11.6 Å². The maximum atomic E-state index is 13.7. The highest BCUT2D eigenvalue weighted by molar-refractivity contribution is 6.31. The molecule has 0 saturated carbocycles. The van der Waals surface area contributed by atoms with Crippen LogP contribution < -0.4 is 10.2 Å². The molecule has 3 aromatic rings. The number of nitrogens with one attached hydrogen (secondary N) is 1. The number of anilines is 2. The second-order valence-electron chi connectivity index (χ2n) is 8.31. The predicted octanol–water partition coefficient (Wildman–Crippen LogP) is 5.12. The van der Waals surface area contributed by atoms with Gasteiger partial charge in [-0.1, -0.05) is 66.2 Å². The van der Waals surface area contributed by atoms with Gasteiger partial charge in [-0.3, -0.25) is 9.59 Å². The van der Waals surface area contributed by atoms with E-state index in [1.807, 2.05) is 43.3 Å². The lowest BCUT2D eigenvalue weighted by molar-refractivity contribution is -0.123. The van der Waals surface area contributed by atoms with Crippen molar-refractivity contribution in [2.75, 3.05) is 10.2 Å². The molecule has 2 fully saturated rings. The zero-order valence-electron chi connectivity index (χ0n) is 17.9. The Balaban J connectivity index is 1.58. The Bertz CT molecular complexity index is 1220. The summed E-state index contributed by atoms with van der Waals surface area (Å²) in [4.78, 5) is 43.5. The van der Waals surface area contributed by atoms with Crippen LogP contribution in [0.15, 0.2) is 84.9 Å². The molecule has 0 radical (unpaired) electrons. The molecule has 4 unspecified atom stereocenters. The first-order valence-corrected chi connectivity index (χ1v) is 11.2. The molecule has 6 nitrogen and oxygen atoms in total. The number of imide groups is 1. The summed E-state index contributed by atoms with van der Waals surface area (Å²) in [6.07, 6.45) is 0. The van der Waals surface area contributed by atoms with E-state index in [0.29, 0.717) is 22.0 Å². The van der Waals surface area contributed by atoms with Gasteiger partial charge in [0.2, 0.25) is 11.8 Å². The van der Waals surface area contributed by atoms with Crippen molar-refractivity contribution in [1.82, 2.24) is 4.90 Å². The van der Waals surface area contributed by atoms with Gasteiger partial charge >= 0.3 is 6.03 Å². The smallest absolute Gasteiger partial charge is 0.313 e. The highest BCUT2D eigenvalue weighted by Crippen LogP contribution is 2.51. The molecule has 0 bridgehead atoms. The topological polar surface area (TPSA) is 69.7 Å². The Morgan fingerprint density at radius 1 is 0.818 bits per heavy atom. The first-order chi connectivity index (χ1) is 16.0. The summed E-state index contributed by atoms with van der Waals surface area (Å²) in [5, 5.41) is 3.35. The van der Waals surface area contributed by atoms with Gasteiger partial charge < -0.3 is 10.2 Å². The van der Waals surface area contributed by atoms with Crippen molar-refractivity contribution in [2.24, 2.45) is 11.8 Å². The molecule has 0 spiro atoms. The third-order valence-electron chi connectivity index (χ3n) is 6.49. The summed E-state index contributed by atoms with van der Waals surface area (Å²) in [5.41, 5.74) is 1.82. The van der Waals surface area contributed by atoms with Crippen molar-refractivity contribution in [3.05, 3.63) is 95.5 Å². The van der Waals surface area contributed by atoms with Gasteiger partial charge in [0, 0.05) is 16.8 Å². The Kier molecular flexibility index (Phi) is 5.38. The summed E-state index contributed by atoms with van der Waals surface area (Å²) in [6.45, 7) is 1.82. The number of hydrogen-bond acceptors (Lipinski definition) is 3. The highest BCUT2D eigenvalue weighted by atomic mass is 35.5. The van der Waals surface area contributed by atoms with Crippen LogP contribution in [0, 0.1) is 11.8 Å². The second-order valence-corrected chi connectivity index (χ2v) is 8.72. The lowest BCUT2D eigenvalue weighted by Gasteiger charge is -2.32. The molecule has 5 rings (SSSR count). The molecule has 2 heterocycles. The third-order valence-corrected chi connectivity index (χ3v) is 6.84. The lowest BCUT2D eigenvalue weighted by Crippen LogP contribution is -2.45. The van der Waals surface area contributed by atoms with E-state index in [1.165, 1.54) is 4.90 Å². The molecular weight excluding hydrogens is 438 g/mol. The fraction of sp³-hybridized carbons (Fsp3) is 0.192. The molecule has 3 aromatic carbocycles. The summed E-state index contributed by atoms with van der Waals surface area (Å²) >= 11 is 6.54. The van der Waals surface area contributed by atoms with E-state index in [0.717, 1.165) is 0 Å². The number of carbonyl (C=O) groups excluding carboxylic acids is 3. The molecule has 0 aliphatic carbocycles. The molecule has 2 aliphatic rings. The van der Waals surface area contributed by atoms with E-state index in [9.17, 15) is 14.4 Å². The van der Waals surface area contributed by atoms with Crippen LogP contribution in [0.25, 0.3) is 0 Å². The Morgan fingerprint density at radius 2 is 1.39 bits per heavy atom. The molecular formula is C26H22ClN3O3. The largest absolute Gasteiger partial charge is 0.322 e. The molecule has 33 heavy (non-hydrogen) atoms. The van der Waals surface area contributed by atoms with Gasteiger partial charge in [-0.25, -0.2) is 9.69 Å². The molecule has 7 heteroatoms. The van der Waals surface area contributed by atoms with Gasteiger partial charge in [0.05, 0.1) is 23.6 Å². The van der Waals surface area contributed by atoms with Crippen LogP contribution in [0.3, 0.4) is 0 Å². The number of benzene rings is 3. The zero-order valence-corrected chi connectivity index (χ0v) is 18.6. The number of halogens is 1. The average molecular weight is 460 g/mol. The molecule has 2 aliphatic heterocycles. The standard InChI is InChI=1S/C26H22ClN3O3/c1-16-21-22(25(32)30(24(21)31)18-12-6-3-7-13-18)23(19-14-8-9-15-20(19)27)29(16)26(33)28-17-10-4-2-5-11-17/h2-16,21-23H,1H3,(H,28,33). The average Bonchev–Trinajstić information content (AvgIpc) is 3.27.